The molecule has 0 spiro atoms. The minimum absolute atomic E-state index is 0.379. The summed E-state index contributed by atoms with van der Waals surface area (Å²) in [6, 6.07) is 5.48. The van der Waals surface area contributed by atoms with Gasteiger partial charge in [-0.25, -0.2) is 4.52 Å². The molecule has 0 aliphatic carbocycles. The van der Waals surface area contributed by atoms with E-state index in [4.69, 9.17) is 17.3 Å². The van der Waals surface area contributed by atoms with Crippen molar-refractivity contribution in [3.63, 3.8) is 0 Å². The van der Waals surface area contributed by atoms with Crippen LogP contribution in [0.4, 0.5) is 0 Å². The third-order valence-corrected chi connectivity index (χ3v) is 1.95. The van der Waals surface area contributed by atoms with Crippen molar-refractivity contribution < 1.29 is 0 Å². The van der Waals surface area contributed by atoms with Crippen LogP contribution in [0.15, 0.2) is 18.2 Å². The maximum absolute atomic E-state index is 5.85. The molecule has 0 radical (unpaired) electrons. The second kappa shape index (κ2) is 2.73. The van der Waals surface area contributed by atoms with Gasteiger partial charge >= 0.3 is 0 Å². The zero-order valence-corrected chi connectivity index (χ0v) is 6.99. The number of nitrogens with two attached hydrogens (primary N) is 1. The quantitative estimate of drug-likeness (QED) is 0.665. The first-order valence-corrected chi connectivity index (χ1v) is 3.89. The normalized spacial score (nSPS) is 10.8. The Morgan fingerprint density at radius 1 is 1.50 bits per heavy atom. The molecule has 2 rings (SSSR count). The van der Waals surface area contributed by atoms with Crippen LogP contribution in [0.2, 0.25) is 5.15 Å². The van der Waals surface area contributed by atoms with Crippen molar-refractivity contribution in [2.24, 2.45) is 5.73 Å². The number of aromatic nitrogens is 3. The Balaban J connectivity index is 2.80. The first-order chi connectivity index (χ1) is 5.83. The third kappa shape index (κ3) is 0.964. The molecule has 0 saturated carbocycles. The van der Waals surface area contributed by atoms with Crippen LogP contribution in [0.1, 0.15) is 5.69 Å². The Labute approximate surface area is 73.9 Å². The molecule has 12 heavy (non-hydrogen) atoms. The van der Waals surface area contributed by atoms with E-state index < -0.39 is 0 Å². The van der Waals surface area contributed by atoms with Gasteiger partial charge in [0.15, 0.2) is 0 Å². The summed E-state index contributed by atoms with van der Waals surface area (Å²) in [5.74, 6) is 0. The van der Waals surface area contributed by atoms with Gasteiger partial charge in [-0.15, -0.1) is 5.10 Å². The van der Waals surface area contributed by atoms with Crippen LogP contribution in [0.25, 0.3) is 5.52 Å². The molecule has 0 unspecified atom stereocenters. The van der Waals surface area contributed by atoms with Crippen LogP contribution in [0, 0.1) is 0 Å². The van der Waals surface area contributed by atoms with Crippen molar-refractivity contribution in [1.29, 1.82) is 0 Å². The van der Waals surface area contributed by atoms with Gasteiger partial charge in [-0.05, 0) is 12.1 Å². The fourth-order valence-electron chi connectivity index (χ4n) is 1.08. The third-order valence-electron chi connectivity index (χ3n) is 1.66. The van der Waals surface area contributed by atoms with Crippen LogP contribution in [-0.2, 0) is 6.54 Å². The molecule has 2 N–H and O–H groups in total. The fraction of sp³-hybridized carbons (Fsp3) is 0.143. The van der Waals surface area contributed by atoms with Crippen molar-refractivity contribution >= 4 is 17.1 Å². The average molecular weight is 183 g/mol. The van der Waals surface area contributed by atoms with Gasteiger partial charge in [0.1, 0.15) is 10.8 Å². The van der Waals surface area contributed by atoms with Gasteiger partial charge in [-0.3, -0.25) is 0 Å². The minimum atomic E-state index is 0.379. The van der Waals surface area contributed by atoms with E-state index in [1.807, 2.05) is 12.1 Å². The van der Waals surface area contributed by atoms with Crippen LogP contribution in [0.3, 0.4) is 0 Å². The van der Waals surface area contributed by atoms with Gasteiger partial charge < -0.3 is 5.73 Å². The number of nitrogens with zero attached hydrogens (tertiary/aromatic N) is 3. The Hall–Kier alpha value is -1.13. The minimum Gasteiger partial charge on any atom is -0.325 e. The van der Waals surface area contributed by atoms with Crippen LogP contribution in [0.5, 0.6) is 0 Å². The maximum Gasteiger partial charge on any atom is 0.133 e. The van der Waals surface area contributed by atoms with Gasteiger partial charge in [-0.1, -0.05) is 22.9 Å². The maximum atomic E-state index is 5.85. The summed E-state index contributed by atoms with van der Waals surface area (Å²) in [6.45, 7) is 0.379. The van der Waals surface area contributed by atoms with E-state index in [9.17, 15) is 0 Å². The highest BCUT2D eigenvalue weighted by Crippen LogP contribution is 2.13. The van der Waals surface area contributed by atoms with Crippen LogP contribution < -0.4 is 5.73 Å². The Morgan fingerprint density at radius 3 is 3.08 bits per heavy atom. The summed E-state index contributed by atoms with van der Waals surface area (Å²) >= 11 is 5.85. The summed E-state index contributed by atoms with van der Waals surface area (Å²) in [5, 5.41) is 8.26. The molecular formula is C7H7ClN4. The molecule has 0 atom stereocenters. The summed E-state index contributed by atoms with van der Waals surface area (Å²) < 4.78 is 1.56. The summed E-state index contributed by atoms with van der Waals surface area (Å²) in [6.07, 6.45) is 0. The van der Waals surface area contributed by atoms with Gasteiger partial charge in [-0.2, -0.15) is 0 Å². The zero-order chi connectivity index (χ0) is 8.55. The molecule has 0 aromatic carbocycles. The van der Waals surface area contributed by atoms with E-state index in [0.717, 1.165) is 11.2 Å². The van der Waals surface area contributed by atoms with E-state index in [1.165, 1.54) is 0 Å². The fourth-order valence-corrected chi connectivity index (χ4v) is 1.28. The number of rotatable bonds is 1. The predicted molar refractivity (Wildman–Crippen MR) is 45.9 cm³/mol. The van der Waals surface area contributed by atoms with Gasteiger partial charge in [0, 0.05) is 6.54 Å². The molecular weight excluding hydrogens is 176 g/mol. The second-order valence-electron chi connectivity index (χ2n) is 2.39. The van der Waals surface area contributed by atoms with Crippen molar-refractivity contribution in [2.75, 3.05) is 0 Å². The van der Waals surface area contributed by atoms with E-state index in [0.29, 0.717) is 11.7 Å². The van der Waals surface area contributed by atoms with E-state index in [1.54, 1.807) is 10.6 Å². The van der Waals surface area contributed by atoms with Crippen molar-refractivity contribution in [3.8, 4) is 0 Å². The van der Waals surface area contributed by atoms with Gasteiger partial charge in [0.25, 0.3) is 0 Å². The predicted octanol–water partition coefficient (Wildman–Crippen LogP) is 0.841. The second-order valence-corrected chi connectivity index (χ2v) is 2.77. The van der Waals surface area contributed by atoms with Crippen molar-refractivity contribution in [3.05, 3.63) is 29.0 Å². The number of hydrogen-bond acceptors (Lipinski definition) is 3. The topological polar surface area (TPSA) is 56.2 Å². The Kier molecular flexibility index (Phi) is 1.71. The molecule has 0 bridgehead atoms. The number of halogens is 1. The SMILES string of the molecule is NCc1nnn2c(Cl)cccc12. The monoisotopic (exact) mass is 182 g/mol. The summed E-state index contributed by atoms with van der Waals surface area (Å²) in [4.78, 5) is 0. The Bertz CT molecular complexity index is 409. The van der Waals surface area contributed by atoms with E-state index in [2.05, 4.69) is 10.3 Å². The van der Waals surface area contributed by atoms with Crippen molar-refractivity contribution in [2.45, 2.75) is 6.54 Å². The highest BCUT2D eigenvalue weighted by atomic mass is 35.5. The molecule has 0 fully saturated rings. The molecule has 2 aromatic heterocycles. The van der Waals surface area contributed by atoms with Crippen molar-refractivity contribution in [1.82, 2.24) is 14.8 Å². The number of pyridine rings is 1. The molecule has 2 heterocycles. The molecule has 0 aliphatic heterocycles. The summed E-state index contributed by atoms with van der Waals surface area (Å²) in [7, 11) is 0. The molecule has 62 valence electrons. The van der Waals surface area contributed by atoms with E-state index in [-0.39, 0.29) is 0 Å². The van der Waals surface area contributed by atoms with E-state index >= 15 is 0 Å². The average Bonchev–Trinajstić information content (AvgIpc) is 2.49. The summed E-state index contributed by atoms with van der Waals surface area (Å²) in [5.41, 5.74) is 7.08. The van der Waals surface area contributed by atoms with Crippen LogP contribution >= 0.6 is 11.6 Å². The largest absolute Gasteiger partial charge is 0.325 e. The lowest BCUT2D eigenvalue weighted by Crippen LogP contribution is -1.96. The lowest BCUT2D eigenvalue weighted by atomic mass is 10.3. The molecule has 0 saturated heterocycles. The first-order valence-electron chi connectivity index (χ1n) is 3.52. The van der Waals surface area contributed by atoms with Gasteiger partial charge in [0.2, 0.25) is 0 Å². The highest BCUT2D eigenvalue weighted by molar-refractivity contribution is 6.29. The molecule has 5 heteroatoms. The number of hydrogen-bond donors (Lipinski definition) is 1. The Morgan fingerprint density at radius 2 is 2.33 bits per heavy atom. The highest BCUT2D eigenvalue weighted by Gasteiger charge is 2.04. The molecule has 2 aromatic rings. The molecule has 0 aliphatic rings. The zero-order valence-electron chi connectivity index (χ0n) is 6.24. The smallest absolute Gasteiger partial charge is 0.133 e. The lowest BCUT2D eigenvalue weighted by Gasteiger charge is -1.94. The van der Waals surface area contributed by atoms with Crippen LogP contribution in [-0.4, -0.2) is 14.8 Å². The lowest BCUT2D eigenvalue weighted by molar-refractivity contribution is 0.838. The molecule has 0 amide bonds. The molecule has 4 nitrogen and oxygen atoms in total. The first kappa shape index (κ1) is 7.52. The standard InChI is InChI=1S/C7H7ClN4/c8-7-3-1-2-6-5(4-9)10-11-12(6)7/h1-3H,4,9H2. The van der Waals surface area contributed by atoms with Gasteiger partial charge in [0.05, 0.1) is 5.52 Å². The number of fused-ring (bicyclic) bond motifs is 1.